The number of nitrogens with zero attached hydrogens (tertiary/aromatic N) is 2. The van der Waals surface area contributed by atoms with E-state index < -0.39 is 5.97 Å². The molecule has 0 bridgehead atoms. The van der Waals surface area contributed by atoms with Crippen molar-refractivity contribution in [1.29, 1.82) is 0 Å². The maximum atomic E-state index is 12.2. The first-order valence-corrected chi connectivity index (χ1v) is 6.15. The Morgan fingerprint density at radius 3 is 2.67 bits per heavy atom. The molecule has 1 aromatic heterocycles. The number of aromatic amines is 1. The zero-order valence-electron chi connectivity index (χ0n) is 10.3. The maximum absolute atomic E-state index is 12.2. The quantitative estimate of drug-likeness (QED) is 0.852. The van der Waals surface area contributed by atoms with Crippen LogP contribution in [0.1, 0.15) is 53.1 Å². The molecule has 2 rings (SSSR count). The Morgan fingerprint density at radius 1 is 1.39 bits per heavy atom. The van der Waals surface area contributed by atoms with Crippen LogP contribution < -0.4 is 0 Å². The highest BCUT2D eigenvalue weighted by atomic mass is 16.4. The third-order valence-electron chi connectivity index (χ3n) is 3.50. The summed E-state index contributed by atoms with van der Waals surface area (Å²) < 4.78 is 0. The van der Waals surface area contributed by atoms with Crippen molar-refractivity contribution in [2.75, 3.05) is 7.05 Å². The normalized spacial score (nSPS) is 16.5. The van der Waals surface area contributed by atoms with Gasteiger partial charge in [0.15, 0.2) is 11.4 Å². The van der Waals surface area contributed by atoms with Crippen molar-refractivity contribution in [2.24, 2.45) is 0 Å². The van der Waals surface area contributed by atoms with E-state index in [1.54, 1.807) is 11.9 Å². The van der Waals surface area contributed by atoms with E-state index in [2.05, 4.69) is 9.97 Å². The number of hydrogen-bond acceptors (Lipinski definition) is 3. The molecule has 98 valence electrons. The van der Waals surface area contributed by atoms with E-state index >= 15 is 0 Å². The smallest absolute Gasteiger partial charge is 0.354 e. The first-order chi connectivity index (χ1) is 8.61. The van der Waals surface area contributed by atoms with E-state index in [0.717, 1.165) is 25.7 Å². The molecule has 1 aromatic rings. The van der Waals surface area contributed by atoms with Gasteiger partial charge in [0.1, 0.15) is 0 Å². The first kappa shape index (κ1) is 12.6. The number of aromatic nitrogens is 2. The van der Waals surface area contributed by atoms with Gasteiger partial charge in [-0.25, -0.2) is 9.78 Å². The van der Waals surface area contributed by atoms with Crippen LogP contribution >= 0.6 is 0 Å². The van der Waals surface area contributed by atoms with Gasteiger partial charge in [0, 0.05) is 13.1 Å². The van der Waals surface area contributed by atoms with Crippen LogP contribution in [0.25, 0.3) is 0 Å². The van der Waals surface area contributed by atoms with E-state index in [1.165, 1.54) is 12.7 Å². The highest BCUT2D eigenvalue weighted by molar-refractivity contribution is 6.02. The number of hydrogen-bond donors (Lipinski definition) is 2. The van der Waals surface area contributed by atoms with E-state index in [4.69, 9.17) is 5.11 Å². The van der Waals surface area contributed by atoms with Crippen LogP contribution in [-0.4, -0.2) is 44.9 Å². The molecule has 0 spiro atoms. The van der Waals surface area contributed by atoms with Gasteiger partial charge in [-0.2, -0.15) is 0 Å². The molecule has 0 aliphatic heterocycles. The van der Waals surface area contributed by atoms with Crippen LogP contribution in [0, 0.1) is 0 Å². The molecule has 1 aliphatic carbocycles. The number of nitrogens with one attached hydrogen (secondary N) is 1. The SMILES string of the molecule is CN(C(=O)c1nc[nH]c1C(=O)O)C1CCCCC1. The molecule has 0 atom stereocenters. The number of amides is 1. The van der Waals surface area contributed by atoms with Gasteiger partial charge in [-0.05, 0) is 12.8 Å². The Kier molecular flexibility index (Phi) is 3.64. The summed E-state index contributed by atoms with van der Waals surface area (Å²) in [5, 5.41) is 8.95. The molecule has 1 fully saturated rings. The lowest BCUT2D eigenvalue weighted by atomic mass is 9.94. The van der Waals surface area contributed by atoms with Crippen molar-refractivity contribution in [1.82, 2.24) is 14.9 Å². The molecule has 6 heteroatoms. The minimum atomic E-state index is -1.16. The molecule has 1 aliphatic rings. The Balaban J connectivity index is 2.14. The monoisotopic (exact) mass is 251 g/mol. The van der Waals surface area contributed by atoms with Crippen LogP contribution in [0.4, 0.5) is 0 Å². The third kappa shape index (κ3) is 2.37. The fourth-order valence-electron chi connectivity index (χ4n) is 2.42. The third-order valence-corrected chi connectivity index (χ3v) is 3.50. The molecule has 1 heterocycles. The molecule has 18 heavy (non-hydrogen) atoms. The zero-order valence-corrected chi connectivity index (χ0v) is 10.3. The average Bonchev–Trinajstić information content (AvgIpc) is 2.87. The number of carbonyl (C=O) groups excluding carboxylic acids is 1. The van der Waals surface area contributed by atoms with Crippen molar-refractivity contribution >= 4 is 11.9 Å². The summed E-state index contributed by atoms with van der Waals surface area (Å²) in [7, 11) is 1.72. The molecule has 2 N–H and O–H groups in total. The van der Waals surface area contributed by atoms with Crippen LogP contribution in [0.2, 0.25) is 0 Å². The first-order valence-electron chi connectivity index (χ1n) is 6.15. The Morgan fingerprint density at radius 2 is 2.06 bits per heavy atom. The van der Waals surface area contributed by atoms with Gasteiger partial charge < -0.3 is 15.0 Å². The summed E-state index contributed by atoms with van der Waals surface area (Å²) in [4.78, 5) is 31.1. The number of carboxylic acid groups (broad SMARTS) is 1. The van der Waals surface area contributed by atoms with Gasteiger partial charge >= 0.3 is 5.97 Å². The molecule has 0 unspecified atom stereocenters. The van der Waals surface area contributed by atoms with E-state index in [-0.39, 0.29) is 23.3 Å². The minimum absolute atomic E-state index is 0.00410. The fourth-order valence-corrected chi connectivity index (χ4v) is 2.42. The average molecular weight is 251 g/mol. The predicted molar refractivity (Wildman–Crippen MR) is 64.5 cm³/mol. The molecule has 0 saturated heterocycles. The fraction of sp³-hybridized carbons (Fsp3) is 0.583. The number of H-pyrrole nitrogens is 1. The molecule has 1 amide bonds. The number of rotatable bonds is 3. The maximum Gasteiger partial charge on any atom is 0.354 e. The lowest BCUT2D eigenvalue weighted by Crippen LogP contribution is -2.39. The van der Waals surface area contributed by atoms with Crippen molar-refractivity contribution in [3.63, 3.8) is 0 Å². The summed E-state index contributed by atoms with van der Waals surface area (Å²) in [6.45, 7) is 0. The molecule has 1 saturated carbocycles. The van der Waals surface area contributed by atoms with Gasteiger partial charge in [0.05, 0.1) is 6.33 Å². The van der Waals surface area contributed by atoms with E-state index in [1.807, 2.05) is 0 Å². The van der Waals surface area contributed by atoms with Gasteiger partial charge in [-0.15, -0.1) is 0 Å². The highest BCUT2D eigenvalue weighted by Crippen LogP contribution is 2.23. The number of carboxylic acids is 1. The van der Waals surface area contributed by atoms with E-state index in [9.17, 15) is 9.59 Å². The van der Waals surface area contributed by atoms with Crippen LogP contribution in [-0.2, 0) is 0 Å². The molecule has 0 aromatic carbocycles. The van der Waals surface area contributed by atoms with Crippen molar-refractivity contribution in [2.45, 2.75) is 38.1 Å². The number of imidazole rings is 1. The summed E-state index contributed by atoms with van der Waals surface area (Å²) in [5.41, 5.74) is -0.141. The van der Waals surface area contributed by atoms with E-state index in [0.29, 0.717) is 0 Å². The Bertz CT molecular complexity index is 449. The van der Waals surface area contributed by atoms with Crippen LogP contribution in [0.15, 0.2) is 6.33 Å². The number of aromatic carboxylic acids is 1. The lowest BCUT2D eigenvalue weighted by Gasteiger charge is -2.30. The number of carbonyl (C=O) groups is 2. The highest BCUT2D eigenvalue weighted by Gasteiger charge is 2.27. The molecular formula is C12H17N3O3. The second kappa shape index (κ2) is 5.20. The summed E-state index contributed by atoms with van der Waals surface area (Å²) in [6, 6.07) is 0.199. The largest absolute Gasteiger partial charge is 0.477 e. The topological polar surface area (TPSA) is 86.3 Å². The van der Waals surface area contributed by atoms with Crippen molar-refractivity contribution in [3.05, 3.63) is 17.7 Å². The van der Waals surface area contributed by atoms with Gasteiger partial charge in [-0.1, -0.05) is 19.3 Å². The molecule has 6 nitrogen and oxygen atoms in total. The molecule has 0 radical (unpaired) electrons. The standard InChI is InChI=1S/C12H17N3O3/c1-15(8-5-3-2-4-6-8)11(16)9-10(12(17)18)14-7-13-9/h7-8H,2-6H2,1H3,(H,13,14)(H,17,18). The summed E-state index contributed by atoms with van der Waals surface area (Å²) in [6.07, 6.45) is 6.65. The second-order valence-electron chi connectivity index (χ2n) is 4.64. The Labute approximate surface area is 105 Å². The van der Waals surface area contributed by atoms with Crippen molar-refractivity contribution in [3.8, 4) is 0 Å². The minimum Gasteiger partial charge on any atom is -0.477 e. The zero-order chi connectivity index (χ0) is 13.1. The Hall–Kier alpha value is -1.85. The summed E-state index contributed by atoms with van der Waals surface area (Å²) >= 11 is 0. The van der Waals surface area contributed by atoms with Crippen LogP contribution in [0.5, 0.6) is 0 Å². The van der Waals surface area contributed by atoms with Crippen LogP contribution in [0.3, 0.4) is 0 Å². The van der Waals surface area contributed by atoms with Crippen molar-refractivity contribution < 1.29 is 14.7 Å². The predicted octanol–water partition coefficient (Wildman–Crippen LogP) is 1.51. The van der Waals surface area contributed by atoms with Gasteiger partial charge in [-0.3, -0.25) is 4.79 Å². The van der Waals surface area contributed by atoms with Gasteiger partial charge in [0.25, 0.3) is 5.91 Å². The second-order valence-corrected chi connectivity index (χ2v) is 4.64. The summed E-state index contributed by atoms with van der Waals surface area (Å²) in [5.74, 6) is -1.48. The molecular weight excluding hydrogens is 234 g/mol. The lowest BCUT2D eigenvalue weighted by molar-refractivity contribution is 0.0647. The van der Waals surface area contributed by atoms with Gasteiger partial charge in [0.2, 0.25) is 0 Å².